The van der Waals surface area contributed by atoms with E-state index in [0.29, 0.717) is 0 Å². The van der Waals surface area contributed by atoms with Gasteiger partial charge < -0.3 is 10.8 Å². The zero-order valence-electron chi connectivity index (χ0n) is 6.84. The van der Waals surface area contributed by atoms with Gasteiger partial charge in [0.1, 0.15) is 6.04 Å². The molecule has 0 radical (unpaired) electrons. The number of halogens is 4. The third kappa shape index (κ3) is 5.70. The normalized spacial score (nSPS) is 15.8. The summed E-state index contributed by atoms with van der Waals surface area (Å²) in [5.41, 5.74) is 4.91. The Kier molecular flexibility index (Phi) is 6.10. The van der Waals surface area contributed by atoms with Crippen LogP contribution in [0.2, 0.25) is 0 Å². The van der Waals surface area contributed by atoms with Gasteiger partial charge in [0.2, 0.25) is 0 Å². The minimum atomic E-state index is -4.37. The molecule has 3 N–H and O–H groups in total. The Bertz CT molecular complexity index is 174. The van der Waals surface area contributed by atoms with Crippen molar-refractivity contribution in [1.29, 1.82) is 0 Å². The highest BCUT2D eigenvalue weighted by atomic mass is 35.5. The summed E-state index contributed by atoms with van der Waals surface area (Å²) in [4.78, 5) is 10.1. The summed E-state index contributed by atoms with van der Waals surface area (Å²) in [6, 6.07) is -1.44. The fourth-order valence-electron chi connectivity index (χ4n) is 0.615. The van der Waals surface area contributed by atoms with Crippen molar-refractivity contribution in [3.8, 4) is 0 Å². The molecule has 0 heterocycles. The van der Waals surface area contributed by atoms with E-state index in [9.17, 15) is 18.0 Å². The van der Waals surface area contributed by atoms with Gasteiger partial charge in [0.05, 0.1) is 5.92 Å². The molecule has 0 aliphatic carbocycles. The molecule has 13 heavy (non-hydrogen) atoms. The molecule has 0 aromatic rings. The third-order valence-corrected chi connectivity index (χ3v) is 1.48. The molecule has 0 aromatic heterocycles. The van der Waals surface area contributed by atoms with Crippen LogP contribution < -0.4 is 5.73 Å². The van der Waals surface area contributed by atoms with E-state index >= 15 is 0 Å². The zero-order chi connectivity index (χ0) is 9.94. The number of nitrogens with two attached hydrogens (primary N) is 1. The van der Waals surface area contributed by atoms with Gasteiger partial charge in [0, 0.05) is 0 Å². The number of carboxylic acid groups (broad SMARTS) is 1. The lowest BCUT2D eigenvalue weighted by molar-refractivity contribution is -0.173. The molecule has 0 amide bonds. The topological polar surface area (TPSA) is 63.3 Å². The molecule has 0 aliphatic rings. The van der Waals surface area contributed by atoms with Gasteiger partial charge in [-0.15, -0.1) is 12.4 Å². The Balaban J connectivity index is 0. The van der Waals surface area contributed by atoms with Gasteiger partial charge in [-0.2, -0.15) is 13.2 Å². The average Bonchev–Trinajstić information content (AvgIpc) is 1.85. The van der Waals surface area contributed by atoms with E-state index in [4.69, 9.17) is 10.8 Å². The maximum Gasteiger partial charge on any atom is 0.391 e. The van der Waals surface area contributed by atoms with Crippen molar-refractivity contribution in [2.45, 2.75) is 25.6 Å². The van der Waals surface area contributed by atoms with E-state index < -0.39 is 30.5 Å². The summed E-state index contributed by atoms with van der Waals surface area (Å²) in [6.45, 7) is 0.906. The molecule has 0 fully saturated rings. The van der Waals surface area contributed by atoms with Crippen LogP contribution in [0, 0.1) is 5.92 Å². The Morgan fingerprint density at radius 1 is 1.54 bits per heavy atom. The quantitative estimate of drug-likeness (QED) is 0.757. The first-order valence-corrected chi connectivity index (χ1v) is 3.30. The van der Waals surface area contributed by atoms with Gasteiger partial charge in [-0.05, 0) is 6.42 Å². The van der Waals surface area contributed by atoms with E-state index in [0.717, 1.165) is 6.92 Å². The maximum absolute atomic E-state index is 11.8. The number of hydrogen-bond donors (Lipinski definition) is 2. The van der Waals surface area contributed by atoms with Crippen molar-refractivity contribution in [2.24, 2.45) is 11.7 Å². The maximum atomic E-state index is 11.8. The van der Waals surface area contributed by atoms with Crippen LogP contribution in [0.3, 0.4) is 0 Å². The Labute approximate surface area is 79.5 Å². The van der Waals surface area contributed by atoms with Crippen LogP contribution in [-0.4, -0.2) is 23.3 Å². The summed E-state index contributed by atoms with van der Waals surface area (Å²) in [6.07, 6.45) is -4.95. The second-order valence-corrected chi connectivity index (χ2v) is 2.62. The van der Waals surface area contributed by atoms with Crippen molar-refractivity contribution < 1.29 is 23.1 Å². The number of alkyl halides is 3. The molecule has 0 spiro atoms. The lowest BCUT2D eigenvalue weighted by atomic mass is 10.0. The van der Waals surface area contributed by atoms with Crippen LogP contribution in [0.5, 0.6) is 0 Å². The predicted octanol–water partition coefficient (Wildman–Crippen LogP) is 1.41. The van der Waals surface area contributed by atoms with Gasteiger partial charge in [-0.25, -0.2) is 0 Å². The average molecular weight is 222 g/mol. The summed E-state index contributed by atoms with van der Waals surface area (Å²) >= 11 is 0. The summed E-state index contributed by atoms with van der Waals surface area (Å²) < 4.78 is 35.5. The number of rotatable bonds is 3. The van der Waals surface area contributed by atoms with Crippen molar-refractivity contribution in [3.63, 3.8) is 0 Å². The van der Waals surface area contributed by atoms with Crippen LogP contribution in [0.15, 0.2) is 0 Å². The minimum absolute atomic E-state index is 0. The molecule has 3 nitrogen and oxygen atoms in total. The lowest BCUT2D eigenvalue weighted by Crippen LogP contribution is -2.35. The SMILES string of the molecule is C[C@@H](C[C@H](N)C(=O)O)C(F)(F)F.Cl. The first kappa shape index (κ1) is 15.0. The van der Waals surface area contributed by atoms with Gasteiger partial charge in [0.25, 0.3) is 0 Å². The molecule has 2 atom stereocenters. The van der Waals surface area contributed by atoms with E-state index in [1.165, 1.54) is 0 Å². The number of hydrogen-bond acceptors (Lipinski definition) is 2. The molecule has 0 bridgehead atoms. The molecule has 0 aromatic carbocycles. The fourth-order valence-corrected chi connectivity index (χ4v) is 0.615. The monoisotopic (exact) mass is 221 g/mol. The number of carboxylic acids is 1. The summed E-state index contributed by atoms with van der Waals surface area (Å²) in [5, 5.41) is 8.20. The largest absolute Gasteiger partial charge is 0.480 e. The summed E-state index contributed by atoms with van der Waals surface area (Å²) in [7, 11) is 0. The molecule has 0 saturated carbocycles. The Morgan fingerprint density at radius 2 is 1.92 bits per heavy atom. The first-order chi connectivity index (χ1) is 5.25. The molecule has 0 rings (SSSR count). The van der Waals surface area contributed by atoms with E-state index in [1.807, 2.05) is 0 Å². The smallest absolute Gasteiger partial charge is 0.391 e. The first-order valence-electron chi connectivity index (χ1n) is 3.30. The molecular weight excluding hydrogens is 211 g/mol. The van der Waals surface area contributed by atoms with Gasteiger partial charge in [0.15, 0.2) is 0 Å². The Morgan fingerprint density at radius 3 is 2.15 bits per heavy atom. The number of aliphatic carboxylic acids is 1. The molecule has 7 heteroatoms. The predicted molar refractivity (Wildman–Crippen MR) is 42.7 cm³/mol. The second-order valence-electron chi connectivity index (χ2n) is 2.62. The third-order valence-electron chi connectivity index (χ3n) is 1.48. The fraction of sp³-hybridized carbons (Fsp3) is 0.833. The van der Waals surface area contributed by atoms with Crippen LogP contribution >= 0.6 is 12.4 Å². The van der Waals surface area contributed by atoms with Crippen molar-refractivity contribution in [3.05, 3.63) is 0 Å². The van der Waals surface area contributed by atoms with Gasteiger partial charge in [-0.3, -0.25) is 4.79 Å². The van der Waals surface area contributed by atoms with Crippen LogP contribution in [0.1, 0.15) is 13.3 Å². The van der Waals surface area contributed by atoms with Crippen LogP contribution in [-0.2, 0) is 4.79 Å². The highest BCUT2D eigenvalue weighted by Crippen LogP contribution is 2.28. The van der Waals surface area contributed by atoms with E-state index in [-0.39, 0.29) is 12.4 Å². The van der Waals surface area contributed by atoms with Crippen LogP contribution in [0.25, 0.3) is 0 Å². The van der Waals surface area contributed by atoms with Gasteiger partial charge >= 0.3 is 12.1 Å². The molecule has 0 unspecified atom stereocenters. The Hall–Kier alpha value is -0.490. The van der Waals surface area contributed by atoms with Crippen molar-refractivity contribution in [2.75, 3.05) is 0 Å². The molecule has 80 valence electrons. The van der Waals surface area contributed by atoms with E-state index in [2.05, 4.69) is 0 Å². The summed E-state index contributed by atoms with van der Waals surface area (Å²) in [5.74, 6) is -3.09. The van der Waals surface area contributed by atoms with Crippen molar-refractivity contribution >= 4 is 18.4 Å². The molecular formula is C6H11ClF3NO2. The van der Waals surface area contributed by atoms with Crippen LogP contribution in [0.4, 0.5) is 13.2 Å². The molecule has 0 saturated heterocycles. The van der Waals surface area contributed by atoms with Crippen molar-refractivity contribution in [1.82, 2.24) is 0 Å². The highest BCUT2D eigenvalue weighted by Gasteiger charge is 2.37. The number of carbonyl (C=O) groups is 1. The van der Waals surface area contributed by atoms with Gasteiger partial charge in [-0.1, -0.05) is 6.92 Å². The molecule has 0 aliphatic heterocycles. The standard InChI is InChI=1S/C6H10F3NO2.ClH/c1-3(6(7,8)9)2-4(10)5(11)12;/h3-4H,2,10H2,1H3,(H,11,12);1H/t3-,4-;/m0./s1. The van der Waals surface area contributed by atoms with E-state index in [1.54, 1.807) is 0 Å². The lowest BCUT2D eigenvalue weighted by Gasteiger charge is -2.16. The zero-order valence-corrected chi connectivity index (χ0v) is 7.65. The highest BCUT2D eigenvalue weighted by molar-refractivity contribution is 5.85. The minimum Gasteiger partial charge on any atom is -0.480 e. The second kappa shape index (κ2) is 5.29.